The smallest absolute Gasteiger partial charge is 0.259 e. The number of methoxy groups -OCH3 is 2. The summed E-state index contributed by atoms with van der Waals surface area (Å²) < 4.78 is 18.4. The van der Waals surface area contributed by atoms with Crippen molar-refractivity contribution in [3.8, 4) is 23.3 Å². The van der Waals surface area contributed by atoms with E-state index < -0.39 is 5.92 Å². The summed E-state index contributed by atoms with van der Waals surface area (Å²) in [5.41, 5.74) is 8.44. The van der Waals surface area contributed by atoms with E-state index in [4.69, 9.17) is 19.9 Å². The van der Waals surface area contributed by atoms with Gasteiger partial charge in [-0.3, -0.25) is 9.78 Å². The van der Waals surface area contributed by atoms with Crippen molar-refractivity contribution in [2.24, 2.45) is 5.73 Å². The van der Waals surface area contributed by atoms with Crippen molar-refractivity contribution in [1.82, 2.24) is 9.55 Å². The van der Waals surface area contributed by atoms with Gasteiger partial charge in [0, 0.05) is 29.7 Å². The minimum atomic E-state index is -0.776. The Balaban J connectivity index is 1.98. The molecule has 8 heteroatoms. The van der Waals surface area contributed by atoms with Gasteiger partial charge in [-0.25, -0.2) is 0 Å². The minimum Gasteiger partial charge on any atom is -0.493 e. The Morgan fingerprint density at radius 3 is 2.72 bits per heavy atom. The topological polar surface area (TPSA) is 112 Å². The maximum Gasteiger partial charge on any atom is 0.259 e. The molecule has 0 aliphatic carbocycles. The van der Waals surface area contributed by atoms with Gasteiger partial charge in [0.25, 0.3) is 5.56 Å². The van der Waals surface area contributed by atoms with Gasteiger partial charge in [-0.2, -0.15) is 5.26 Å². The lowest BCUT2D eigenvalue weighted by atomic mass is 9.83. The molecule has 0 amide bonds. The molecule has 0 radical (unpaired) electrons. The number of aryl methyl sites for hydroxylation is 1. The van der Waals surface area contributed by atoms with Crippen LogP contribution < -0.4 is 25.5 Å². The number of nitrogens with zero attached hydrogens (tertiary/aromatic N) is 3. The van der Waals surface area contributed by atoms with E-state index in [2.05, 4.69) is 11.1 Å². The van der Waals surface area contributed by atoms with Gasteiger partial charge in [0.2, 0.25) is 5.88 Å². The highest BCUT2D eigenvalue weighted by atomic mass is 16.5. The first kappa shape index (κ1) is 21.0. The number of nitrogens with two attached hydrogens (primary N) is 1. The number of hydrogen-bond donors (Lipinski definition) is 1. The Bertz CT molecular complexity index is 1310. The van der Waals surface area contributed by atoms with Crippen LogP contribution in [0.1, 0.15) is 28.3 Å². The standard InChI is InChI=1S/C24H22N4O4/c1-14-10-19-21(24(29)28(14)13-15-6-5-9-27-12-15)20(17(11-25)23(26)32-19)16-7-4-8-18(30-2)22(16)31-3/h4-10,12,20H,13,26H2,1-3H3/t20-/m1/s1. The highest BCUT2D eigenvalue weighted by Gasteiger charge is 2.36. The number of aromatic nitrogens is 2. The number of ether oxygens (including phenoxy) is 3. The molecule has 0 fully saturated rings. The van der Waals surface area contributed by atoms with Crippen molar-refractivity contribution in [2.75, 3.05) is 14.2 Å². The van der Waals surface area contributed by atoms with Crippen LogP contribution in [0.4, 0.5) is 0 Å². The molecule has 32 heavy (non-hydrogen) atoms. The second-order valence-electron chi connectivity index (χ2n) is 7.32. The van der Waals surface area contributed by atoms with Crippen LogP contribution in [0.3, 0.4) is 0 Å². The molecule has 1 aromatic carbocycles. The fraction of sp³-hybridized carbons (Fsp3) is 0.208. The lowest BCUT2D eigenvalue weighted by Gasteiger charge is -2.28. The third-order valence-corrected chi connectivity index (χ3v) is 5.50. The highest BCUT2D eigenvalue weighted by Crippen LogP contribution is 2.46. The molecule has 2 N–H and O–H groups in total. The van der Waals surface area contributed by atoms with Crippen molar-refractivity contribution < 1.29 is 14.2 Å². The summed E-state index contributed by atoms with van der Waals surface area (Å²) >= 11 is 0. The van der Waals surface area contributed by atoms with Crippen molar-refractivity contribution >= 4 is 0 Å². The maximum atomic E-state index is 13.8. The molecule has 4 rings (SSSR count). The molecule has 1 aliphatic heterocycles. The number of pyridine rings is 2. The molecule has 0 saturated heterocycles. The van der Waals surface area contributed by atoms with E-state index in [1.54, 1.807) is 41.2 Å². The lowest BCUT2D eigenvalue weighted by Crippen LogP contribution is -2.33. The number of para-hydroxylation sites is 1. The summed E-state index contributed by atoms with van der Waals surface area (Å²) in [5, 5.41) is 9.90. The number of hydrogen-bond acceptors (Lipinski definition) is 7. The van der Waals surface area contributed by atoms with Crippen molar-refractivity contribution in [1.29, 1.82) is 5.26 Å². The van der Waals surface area contributed by atoms with Gasteiger partial charge < -0.3 is 24.5 Å². The summed E-state index contributed by atoms with van der Waals surface area (Å²) in [6.07, 6.45) is 3.39. The van der Waals surface area contributed by atoms with Crippen LogP contribution in [0.2, 0.25) is 0 Å². The summed E-state index contributed by atoms with van der Waals surface area (Å²) in [5.74, 6) is 0.408. The fourth-order valence-corrected chi connectivity index (χ4v) is 4.01. The maximum absolute atomic E-state index is 13.8. The molecule has 0 saturated carbocycles. The van der Waals surface area contributed by atoms with Gasteiger partial charge in [-0.1, -0.05) is 18.2 Å². The van der Waals surface area contributed by atoms with Crippen LogP contribution in [0.25, 0.3) is 0 Å². The average Bonchev–Trinajstić information content (AvgIpc) is 2.81. The number of rotatable bonds is 5. The molecular weight excluding hydrogens is 408 g/mol. The van der Waals surface area contributed by atoms with Crippen LogP contribution in [0.15, 0.2) is 65.0 Å². The predicted octanol–water partition coefficient (Wildman–Crippen LogP) is 2.84. The monoisotopic (exact) mass is 430 g/mol. The molecule has 0 bridgehead atoms. The van der Waals surface area contributed by atoms with Crippen LogP contribution in [0, 0.1) is 18.3 Å². The van der Waals surface area contributed by atoms with Gasteiger partial charge >= 0.3 is 0 Å². The van der Waals surface area contributed by atoms with E-state index >= 15 is 0 Å². The molecule has 162 valence electrons. The molecule has 1 atom stereocenters. The van der Waals surface area contributed by atoms with Crippen molar-refractivity contribution in [2.45, 2.75) is 19.4 Å². The van der Waals surface area contributed by atoms with Gasteiger partial charge in [0.1, 0.15) is 17.4 Å². The number of allylic oxidation sites excluding steroid dienone is 1. The zero-order chi connectivity index (χ0) is 22.8. The zero-order valence-electron chi connectivity index (χ0n) is 18.0. The molecule has 1 aliphatic rings. The largest absolute Gasteiger partial charge is 0.493 e. The van der Waals surface area contributed by atoms with Crippen LogP contribution >= 0.6 is 0 Å². The Morgan fingerprint density at radius 2 is 2.06 bits per heavy atom. The molecular formula is C24H22N4O4. The molecule has 0 spiro atoms. The van der Waals surface area contributed by atoms with E-state index in [1.165, 1.54) is 14.2 Å². The van der Waals surface area contributed by atoms with E-state index in [0.717, 1.165) is 5.56 Å². The van der Waals surface area contributed by atoms with Gasteiger partial charge in [-0.15, -0.1) is 0 Å². The summed E-state index contributed by atoms with van der Waals surface area (Å²) in [7, 11) is 3.04. The Kier molecular flexibility index (Phi) is 5.56. The second kappa shape index (κ2) is 8.47. The quantitative estimate of drug-likeness (QED) is 0.662. The minimum absolute atomic E-state index is 0.0429. The first-order valence-electron chi connectivity index (χ1n) is 9.91. The molecule has 0 unspecified atom stereocenters. The first-order chi connectivity index (χ1) is 15.5. The number of nitriles is 1. The highest BCUT2D eigenvalue weighted by molar-refractivity contribution is 5.60. The summed E-state index contributed by atoms with van der Waals surface area (Å²) in [6.45, 7) is 2.15. The third kappa shape index (κ3) is 3.44. The van der Waals surface area contributed by atoms with E-state index in [1.807, 2.05) is 19.1 Å². The van der Waals surface area contributed by atoms with Crippen LogP contribution in [-0.4, -0.2) is 23.8 Å². The van der Waals surface area contributed by atoms with E-state index in [-0.39, 0.29) is 17.0 Å². The lowest BCUT2D eigenvalue weighted by molar-refractivity contribution is 0.348. The van der Waals surface area contributed by atoms with Gasteiger partial charge in [0.15, 0.2) is 11.5 Å². The molecule has 2 aromatic heterocycles. The van der Waals surface area contributed by atoms with Gasteiger partial charge in [-0.05, 0) is 24.6 Å². The summed E-state index contributed by atoms with van der Waals surface area (Å²) in [4.78, 5) is 17.9. The predicted molar refractivity (Wildman–Crippen MR) is 118 cm³/mol. The number of benzene rings is 1. The van der Waals surface area contributed by atoms with E-state index in [0.29, 0.717) is 40.6 Å². The van der Waals surface area contributed by atoms with Crippen LogP contribution in [-0.2, 0) is 6.54 Å². The summed E-state index contributed by atoms with van der Waals surface area (Å²) in [6, 6.07) is 12.9. The second-order valence-corrected chi connectivity index (χ2v) is 7.32. The average molecular weight is 430 g/mol. The third-order valence-electron chi connectivity index (χ3n) is 5.50. The first-order valence-corrected chi connectivity index (χ1v) is 9.91. The van der Waals surface area contributed by atoms with Gasteiger partial charge in [0.05, 0.1) is 32.2 Å². The van der Waals surface area contributed by atoms with Crippen LogP contribution in [0.5, 0.6) is 17.2 Å². The Hall–Kier alpha value is -4.25. The molecule has 3 heterocycles. The Morgan fingerprint density at radius 1 is 1.25 bits per heavy atom. The van der Waals surface area contributed by atoms with Crippen molar-refractivity contribution in [3.63, 3.8) is 0 Å². The zero-order valence-corrected chi connectivity index (χ0v) is 18.0. The number of fused-ring (bicyclic) bond motifs is 1. The molecule has 3 aromatic rings. The Labute approximate surface area is 185 Å². The molecule has 8 nitrogen and oxygen atoms in total. The van der Waals surface area contributed by atoms with E-state index in [9.17, 15) is 10.1 Å². The van der Waals surface area contributed by atoms with Crippen molar-refractivity contribution in [3.05, 3.63) is 93.0 Å². The fourth-order valence-electron chi connectivity index (χ4n) is 4.01. The SMILES string of the molecule is COc1cccc([C@@H]2C(C#N)=C(N)Oc3cc(C)n(Cc4cccnc4)c(=O)c32)c1OC. The normalized spacial score (nSPS) is 14.9.